The minimum atomic E-state index is 0.160. The Bertz CT molecular complexity index is 446. The fourth-order valence-electron chi connectivity index (χ4n) is 3.16. The zero-order valence-electron chi connectivity index (χ0n) is 11.7. The number of ether oxygens (including phenoxy) is 1. The molecule has 108 valence electrons. The van der Waals surface area contributed by atoms with Gasteiger partial charge < -0.3 is 9.64 Å². The maximum absolute atomic E-state index is 12.6. The Morgan fingerprint density at radius 1 is 1.30 bits per heavy atom. The summed E-state index contributed by atoms with van der Waals surface area (Å²) in [4.78, 5) is 22.9. The van der Waals surface area contributed by atoms with Crippen molar-refractivity contribution >= 4 is 5.91 Å². The molecule has 0 radical (unpaired) electrons. The number of carbonyl (C=O) groups is 1. The van der Waals surface area contributed by atoms with Gasteiger partial charge in [-0.25, -0.2) is 9.97 Å². The molecular formula is C15H21N3O2. The Morgan fingerprint density at radius 3 is 2.90 bits per heavy atom. The van der Waals surface area contributed by atoms with Crippen LogP contribution in [0.5, 0.6) is 0 Å². The molecule has 1 aromatic rings. The van der Waals surface area contributed by atoms with Gasteiger partial charge in [0.25, 0.3) is 0 Å². The molecular weight excluding hydrogens is 254 g/mol. The van der Waals surface area contributed by atoms with Gasteiger partial charge in [-0.05, 0) is 31.7 Å². The van der Waals surface area contributed by atoms with Crippen LogP contribution in [-0.4, -0.2) is 47.1 Å². The quantitative estimate of drug-likeness (QED) is 0.823. The Labute approximate surface area is 119 Å². The van der Waals surface area contributed by atoms with Crippen LogP contribution in [0.15, 0.2) is 18.6 Å². The normalized spacial score (nSPS) is 24.6. The summed E-state index contributed by atoms with van der Waals surface area (Å²) in [6.45, 7) is 3.13. The molecule has 1 atom stereocenters. The fraction of sp³-hybridized carbons (Fsp3) is 0.667. The average molecular weight is 275 g/mol. The standard InChI is InChI=1S/C15H21N3O2/c19-15(12-4-8-20-9-5-12)18-7-1-2-13(10-18)14-3-6-16-11-17-14/h3,6,11-13H,1-2,4-5,7-10H2/t13-/m1/s1. The predicted octanol–water partition coefficient (Wildman–Crippen LogP) is 1.61. The van der Waals surface area contributed by atoms with Gasteiger partial charge in [-0.1, -0.05) is 0 Å². The number of piperidine rings is 1. The van der Waals surface area contributed by atoms with Crippen molar-refractivity contribution in [1.29, 1.82) is 0 Å². The van der Waals surface area contributed by atoms with Gasteiger partial charge in [0.1, 0.15) is 6.33 Å². The van der Waals surface area contributed by atoms with E-state index in [1.807, 2.05) is 11.0 Å². The molecule has 2 saturated heterocycles. The van der Waals surface area contributed by atoms with Crippen LogP contribution in [0.2, 0.25) is 0 Å². The van der Waals surface area contributed by atoms with E-state index in [1.165, 1.54) is 0 Å². The molecule has 2 aliphatic heterocycles. The van der Waals surface area contributed by atoms with E-state index < -0.39 is 0 Å². The van der Waals surface area contributed by atoms with Crippen molar-refractivity contribution in [3.8, 4) is 0 Å². The van der Waals surface area contributed by atoms with Crippen LogP contribution >= 0.6 is 0 Å². The number of nitrogens with zero attached hydrogens (tertiary/aromatic N) is 3. The summed E-state index contributed by atoms with van der Waals surface area (Å²) in [6.07, 6.45) is 7.27. The predicted molar refractivity (Wildman–Crippen MR) is 74.1 cm³/mol. The van der Waals surface area contributed by atoms with Crippen molar-refractivity contribution in [1.82, 2.24) is 14.9 Å². The van der Waals surface area contributed by atoms with Crippen molar-refractivity contribution in [2.75, 3.05) is 26.3 Å². The van der Waals surface area contributed by atoms with Gasteiger partial charge in [-0.3, -0.25) is 4.79 Å². The van der Waals surface area contributed by atoms with E-state index in [-0.39, 0.29) is 5.92 Å². The van der Waals surface area contributed by atoms with Gasteiger partial charge >= 0.3 is 0 Å². The highest BCUT2D eigenvalue weighted by molar-refractivity contribution is 5.79. The van der Waals surface area contributed by atoms with Gasteiger partial charge in [0.15, 0.2) is 0 Å². The van der Waals surface area contributed by atoms with Crippen LogP contribution in [0.1, 0.15) is 37.3 Å². The number of likely N-dealkylation sites (tertiary alicyclic amines) is 1. The molecule has 0 saturated carbocycles. The molecule has 0 unspecified atom stereocenters. The van der Waals surface area contributed by atoms with Crippen molar-refractivity contribution in [3.05, 3.63) is 24.3 Å². The summed E-state index contributed by atoms with van der Waals surface area (Å²) in [5.74, 6) is 0.829. The molecule has 0 N–H and O–H groups in total. The molecule has 20 heavy (non-hydrogen) atoms. The Kier molecular flexibility index (Phi) is 4.25. The van der Waals surface area contributed by atoms with Crippen LogP contribution in [-0.2, 0) is 9.53 Å². The van der Waals surface area contributed by atoms with Crippen LogP contribution in [0.4, 0.5) is 0 Å². The summed E-state index contributed by atoms with van der Waals surface area (Å²) in [6, 6.07) is 1.97. The first kappa shape index (κ1) is 13.5. The smallest absolute Gasteiger partial charge is 0.225 e. The lowest BCUT2D eigenvalue weighted by atomic mass is 9.92. The Hall–Kier alpha value is -1.49. The number of hydrogen-bond acceptors (Lipinski definition) is 4. The topological polar surface area (TPSA) is 55.3 Å². The highest BCUT2D eigenvalue weighted by Gasteiger charge is 2.30. The molecule has 0 bridgehead atoms. The van der Waals surface area contributed by atoms with Crippen LogP contribution in [0.3, 0.4) is 0 Å². The first-order chi connectivity index (χ1) is 9.84. The lowest BCUT2D eigenvalue weighted by Gasteiger charge is -2.35. The number of hydrogen-bond donors (Lipinski definition) is 0. The van der Waals surface area contributed by atoms with E-state index >= 15 is 0 Å². The van der Waals surface area contributed by atoms with E-state index in [0.29, 0.717) is 11.8 Å². The zero-order chi connectivity index (χ0) is 13.8. The summed E-state index contributed by atoms with van der Waals surface area (Å²) >= 11 is 0. The summed E-state index contributed by atoms with van der Waals surface area (Å²) in [7, 11) is 0. The fourth-order valence-corrected chi connectivity index (χ4v) is 3.16. The lowest BCUT2D eigenvalue weighted by Crippen LogP contribution is -2.43. The molecule has 3 heterocycles. The molecule has 1 amide bonds. The van der Waals surface area contributed by atoms with Crippen LogP contribution in [0, 0.1) is 5.92 Å². The number of rotatable bonds is 2. The molecule has 3 rings (SSSR count). The summed E-state index contributed by atoms with van der Waals surface area (Å²) < 4.78 is 5.34. The Morgan fingerprint density at radius 2 is 2.15 bits per heavy atom. The van der Waals surface area contributed by atoms with Gasteiger partial charge in [0, 0.05) is 50.0 Å². The number of carbonyl (C=O) groups excluding carboxylic acids is 1. The van der Waals surface area contributed by atoms with Crippen LogP contribution < -0.4 is 0 Å². The number of aromatic nitrogens is 2. The Balaban J connectivity index is 1.64. The molecule has 5 nitrogen and oxygen atoms in total. The van der Waals surface area contributed by atoms with Crippen molar-refractivity contribution < 1.29 is 9.53 Å². The molecule has 2 fully saturated rings. The maximum atomic E-state index is 12.6. The van der Waals surface area contributed by atoms with Gasteiger partial charge in [-0.15, -0.1) is 0 Å². The van der Waals surface area contributed by atoms with E-state index in [2.05, 4.69) is 9.97 Å². The largest absolute Gasteiger partial charge is 0.381 e. The maximum Gasteiger partial charge on any atom is 0.225 e. The van der Waals surface area contributed by atoms with Crippen molar-refractivity contribution in [2.24, 2.45) is 5.92 Å². The first-order valence-corrected chi connectivity index (χ1v) is 7.47. The minimum Gasteiger partial charge on any atom is -0.381 e. The third-order valence-electron chi connectivity index (χ3n) is 4.33. The van der Waals surface area contributed by atoms with Crippen LogP contribution in [0.25, 0.3) is 0 Å². The van der Waals surface area contributed by atoms with E-state index in [0.717, 1.165) is 57.7 Å². The SMILES string of the molecule is O=C(C1CCOCC1)N1CCC[C@@H](c2ccncn2)C1. The highest BCUT2D eigenvalue weighted by Crippen LogP contribution is 2.27. The average Bonchev–Trinajstić information content (AvgIpc) is 2.56. The van der Waals surface area contributed by atoms with Gasteiger partial charge in [-0.2, -0.15) is 0 Å². The molecule has 0 aromatic carbocycles. The third kappa shape index (κ3) is 2.98. The zero-order valence-corrected chi connectivity index (χ0v) is 11.7. The highest BCUT2D eigenvalue weighted by atomic mass is 16.5. The minimum absolute atomic E-state index is 0.160. The lowest BCUT2D eigenvalue weighted by molar-refractivity contribution is -0.139. The second-order valence-corrected chi connectivity index (χ2v) is 5.64. The monoisotopic (exact) mass is 275 g/mol. The molecule has 2 aliphatic rings. The molecule has 0 aliphatic carbocycles. The molecule has 1 aromatic heterocycles. The van der Waals surface area contributed by atoms with E-state index in [4.69, 9.17) is 4.74 Å². The van der Waals surface area contributed by atoms with E-state index in [1.54, 1.807) is 12.5 Å². The second-order valence-electron chi connectivity index (χ2n) is 5.64. The second kappa shape index (κ2) is 6.31. The van der Waals surface area contributed by atoms with Crippen molar-refractivity contribution in [3.63, 3.8) is 0 Å². The van der Waals surface area contributed by atoms with E-state index in [9.17, 15) is 4.79 Å². The summed E-state index contributed by atoms with van der Waals surface area (Å²) in [5.41, 5.74) is 1.06. The molecule has 0 spiro atoms. The third-order valence-corrected chi connectivity index (χ3v) is 4.33. The molecule has 5 heteroatoms. The first-order valence-electron chi connectivity index (χ1n) is 7.47. The number of amides is 1. The summed E-state index contributed by atoms with van der Waals surface area (Å²) in [5, 5.41) is 0. The van der Waals surface area contributed by atoms with Gasteiger partial charge in [0.05, 0.1) is 0 Å². The van der Waals surface area contributed by atoms with Crippen molar-refractivity contribution in [2.45, 2.75) is 31.6 Å². The van der Waals surface area contributed by atoms with Gasteiger partial charge in [0.2, 0.25) is 5.91 Å².